The molecule has 1 N–H and O–H groups in total. The van der Waals surface area contributed by atoms with E-state index in [1.54, 1.807) is 19.1 Å². The Morgan fingerprint density at radius 2 is 2.53 bits per heavy atom. The van der Waals surface area contributed by atoms with Crippen LogP contribution in [0, 0.1) is 11.3 Å². The molecule has 1 atom stereocenters. The number of hydrogen-bond donors (Lipinski definition) is 1. The van der Waals surface area contributed by atoms with Crippen LogP contribution in [0.15, 0.2) is 18.3 Å². The third kappa shape index (κ3) is 3.22. The van der Waals surface area contributed by atoms with Crippen LogP contribution in [-0.2, 0) is 0 Å². The lowest BCUT2D eigenvalue weighted by Crippen LogP contribution is -2.32. The van der Waals surface area contributed by atoms with Gasteiger partial charge in [-0.25, -0.2) is 4.98 Å². The van der Waals surface area contributed by atoms with Crippen LogP contribution < -0.4 is 5.32 Å². The van der Waals surface area contributed by atoms with Crippen molar-refractivity contribution in [2.75, 3.05) is 0 Å². The summed E-state index contributed by atoms with van der Waals surface area (Å²) in [7, 11) is 0. The van der Waals surface area contributed by atoms with Gasteiger partial charge < -0.3 is 5.32 Å². The molecule has 1 amide bonds. The van der Waals surface area contributed by atoms with Gasteiger partial charge in [0.15, 0.2) is 0 Å². The Morgan fingerprint density at radius 3 is 3.13 bits per heavy atom. The maximum absolute atomic E-state index is 11.6. The van der Waals surface area contributed by atoms with Crippen LogP contribution in [0.1, 0.15) is 23.7 Å². The van der Waals surface area contributed by atoms with E-state index in [-0.39, 0.29) is 23.5 Å². The van der Waals surface area contributed by atoms with Gasteiger partial charge in [0.25, 0.3) is 5.91 Å². The molecule has 4 nitrogen and oxygen atoms in total. The topological polar surface area (TPSA) is 65.8 Å². The summed E-state index contributed by atoms with van der Waals surface area (Å²) in [6, 6.07) is 5.00. The van der Waals surface area contributed by atoms with Crippen LogP contribution in [0.5, 0.6) is 0 Å². The molecule has 78 valence electrons. The highest BCUT2D eigenvalue weighted by Gasteiger charge is 2.12. The van der Waals surface area contributed by atoms with Crippen molar-refractivity contribution >= 4 is 17.5 Å². The fourth-order valence-electron chi connectivity index (χ4n) is 1.04. The summed E-state index contributed by atoms with van der Waals surface area (Å²) in [6.45, 7) is 1.76. The number of carbonyl (C=O) groups excluding carboxylic acids is 1. The number of aromatic nitrogens is 1. The Kier molecular flexibility index (Phi) is 4.07. The maximum atomic E-state index is 11.6. The molecule has 0 saturated heterocycles. The largest absolute Gasteiger partial charge is 0.348 e. The number of halogens is 1. The number of hydrogen-bond acceptors (Lipinski definition) is 3. The van der Waals surface area contributed by atoms with E-state index < -0.39 is 0 Å². The molecule has 1 heterocycles. The molecule has 0 aromatic carbocycles. The second kappa shape index (κ2) is 5.32. The minimum Gasteiger partial charge on any atom is -0.348 e. The normalized spacial score (nSPS) is 11.5. The molecule has 0 spiro atoms. The minimum atomic E-state index is -0.309. The molecule has 5 heteroatoms. The molecule has 0 saturated carbocycles. The van der Waals surface area contributed by atoms with E-state index in [1.165, 1.54) is 6.20 Å². The minimum absolute atomic E-state index is 0.166. The maximum Gasteiger partial charge on any atom is 0.254 e. The summed E-state index contributed by atoms with van der Waals surface area (Å²) in [5, 5.41) is 11.3. The Balaban J connectivity index is 2.70. The van der Waals surface area contributed by atoms with Crippen LogP contribution in [0.2, 0.25) is 5.15 Å². The van der Waals surface area contributed by atoms with E-state index in [4.69, 9.17) is 16.9 Å². The van der Waals surface area contributed by atoms with Crippen molar-refractivity contribution in [2.45, 2.75) is 19.4 Å². The van der Waals surface area contributed by atoms with Crippen molar-refractivity contribution in [1.82, 2.24) is 10.3 Å². The van der Waals surface area contributed by atoms with E-state index >= 15 is 0 Å². The molecule has 0 aliphatic rings. The van der Waals surface area contributed by atoms with Gasteiger partial charge in [-0.1, -0.05) is 11.6 Å². The molecule has 15 heavy (non-hydrogen) atoms. The zero-order valence-corrected chi connectivity index (χ0v) is 8.95. The quantitative estimate of drug-likeness (QED) is 0.795. The van der Waals surface area contributed by atoms with Gasteiger partial charge >= 0.3 is 0 Å². The Bertz CT molecular complexity index is 400. The zero-order chi connectivity index (χ0) is 11.3. The average molecular weight is 224 g/mol. The lowest BCUT2D eigenvalue weighted by Gasteiger charge is -2.10. The highest BCUT2D eigenvalue weighted by Crippen LogP contribution is 2.11. The van der Waals surface area contributed by atoms with Gasteiger partial charge in [0.2, 0.25) is 0 Å². The lowest BCUT2D eigenvalue weighted by atomic mass is 10.2. The summed E-state index contributed by atoms with van der Waals surface area (Å²) in [4.78, 5) is 15.4. The van der Waals surface area contributed by atoms with Crippen molar-refractivity contribution in [3.63, 3.8) is 0 Å². The van der Waals surface area contributed by atoms with E-state index in [0.29, 0.717) is 5.56 Å². The van der Waals surface area contributed by atoms with Gasteiger partial charge in [-0.15, -0.1) is 0 Å². The standard InChI is InChI=1S/C10H10ClN3O/c1-7(4-5-12)14-10(15)8-3-2-6-13-9(8)11/h2-3,6-7H,4H2,1H3,(H,14,15). The number of nitrogens with zero attached hydrogens (tertiary/aromatic N) is 2. The molecule has 1 rings (SSSR count). The van der Waals surface area contributed by atoms with Crippen LogP contribution in [0.4, 0.5) is 0 Å². The number of carbonyl (C=O) groups is 1. The first-order valence-corrected chi connectivity index (χ1v) is 4.81. The van der Waals surface area contributed by atoms with Gasteiger partial charge in [0.1, 0.15) is 5.15 Å². The Labute approximate surface area is 92.9 Å². The van der Waals surface area contributed by atoms with E-state index in [9.17, 15) is 4.79 Å². The number of pyridine rings is 1. The van der Waals surface area contributed by atoms with Crippen molar-refractivity contribution < 1.29 is 4.79 Å². The second-order valence-corrected chi connectivity index (χ2v) is 3.44. The summed E-state index contributed by atoms with van der Waals surface area (Å²) < 4.78 is 0. The molecule has 0 fully saturated rings. The molecule has 0 radical (unpaired) electrons. The first kappa shape index (κ1) is 11.5. The molecule has 0 bridgehead atoms. The van der Waals surface area contributed by atoms with Crippen LogP contribution >= 0.6 is 11.6 Å². The molecule has 1 aromatic rings. The second-order valence-electron chi connectivity index (χ2n) is 3.08. The van der Waals surface area contributed by atoms with Crippen molar-refractivity contribution in [3.8, 4) is 6.07 Å². The smallest absolute Gasteiger partial charge is 0.254 e. The first-order chi connectivity index (χ1) is 7.15. The van der Waals surface area contributed by atoms with Crippen molar-refractivity contribution in [3.05, 3.63) is 29.0 Å². The van der Waals surface area contributed by atoms with Crippen molar-refractivity contribution in [1.29, 1.82) is 5.26 Å². The Hall–Kier alpha value is -1.60. The predicted molar refractivity (Wildman–Crippen MR) is 56.4 cm³/mol. The monoisotopic (exact) mass is 223 g/mol. The lowest BCUT2D eigenvalue weighted by molar-refractivity contribution is 0.0940. The molecule has 0 aliphatic carbocycles. The summed E-state index contributed by atoms with van der Waals surface area (Å²) in [5.74, 6) is -0.309. The highest BCUT2D eigenvalue weighted by atomic mass is 35.5. The highest BCUT2D eigenvalue weighted by molar-refractivity contribution is 6.32. The predicted octanol–water partition coefficient (Wildman–Crippen LogP) is 1.77. The van der Waals surface area contributed by atoms with Crippen LogP contribution in [-0.4, -0.2) is 16.9 Å². The molecular formula is C10H10ClN3O. The van der Waals surface area contributed by atoms with Crippen LogP contribution in [0.3, 0.4) is 0 Å². The summed E-state index contributed by atoms with van der Waals surface area (Å²) in [6.07, 6.45) is 1.78. The number of rotatable bonds is 3. The van der Waals surface area contributed by atoms with E-state index in [2.05, 4.69) is 10.3 Å². The molecule has 1 aromatic heterocycles. The van der Waals surface area contributed by atoms with Gasteiger partial charge in [-0.3, -0.25) is 4.79 Å². The molecular weight excluding hydrogens is 214 g/mol. The SMILES string of the molecule is CC(CC#N)NC(=O)c1cccnc1Cl. The van der Waals surface area contributed by atoms with Gasteiger partial charge in [0.05, 0.1) is 18.1 Å². The third-order valence-electron chi connectivity index (χ3n) is 1.78. The molecule has 1 unspecified atom stereocenters. The number of nitriles is 1. The number of nitrogens with one attached hydrogen (secondary N) is 1. The van der Waals surface area contributed by atoms with Gasteiger partial charge in [-0.05, 0) is 19.1 Å². The van der Waals surface area contributed by atoms with Crippen molar-refractivity contribution in [2.24, 2.45) is 0 Å². The fourth-order valence-corrected chi connectivity index (χ4v) is 1.25. The summed E-state index contributed by atoms with van der Waals surface area (Å²) >= 11 is 5.74. The average Bonchev–Trinajstić information content (AvgIpc) is 2.18. The number of amides is 1. The summed E-state index contributed by atoms with van der Waals surface area (Å²) in [5.41, 5.74) is 0.323. The zero-order valence-electron chi connectivity index (χ0n) is 8.20. The third-order valence-corrected chi connectivity index (χ3v) is 2.08. The van der Waals surface area contributed by atoms with E-state index in [0.717, 1.165) is 0 Å². The fraction of sp³-hybridized carbons (Fsp3) is 0.300. The van der Waals surface area contributed by atoms with Gasteiger partial charge in [-0.2, -0.15) is 5.26 Å². The van der Waals surface area contributed by atoms with E-state index in [1.807, 2.05) is 6.07 Å². The first-order valence-electron chi connectivity index (χ1n) is 4.43. The Morgan fingerprint density at radius 1 is 1.80 bits per heavy atom. The molecule has 0 aliphatic heterocycles. The van der Waals surface area contributed by atoms with Gasteiger partial charge in [0, 0.05) is 12.2 Å². The van der Waals surface area contributed by atoms with Crippen LogP contribution in [0.25, 0.3) is 0 Å².